The fourth-order valence-electron chi connectivity index (χ4n) is 4.81. The molecular weight excluding hydrogens is 544 g/mol. The number of hydrogen-bond donors (Lipinski definition) is 1. The van der Waals surface area contributed by atoms with Crippen LogP contribution in [-0.4, -0.2) is 50.3 Å². The SMILES string of the molecule is C=CCOC(=O)c1sc(N2C(=O)C(=O)/C(=C(/O)c3nc4c(C)cccn4c3C)C2c2ccc(OCC)cc2)nc1C. The number of aromatic nitrogens is 3. The van der Waals surface area contributed by atoms with E-state index >= 15 is 0 Å². The number of rotatable bonds is 8. The molecule has 1 aliphatic rings. The van der Waals surface area contributed by atoms with E-state index in [0.717, 1.165) is 16.9 Å². The molecule has 0 saturated carbocycles. The Hall–Kier alpha value is -4.77. The molecule has 4 aromatic rings. The Morgan fingerprint density at radius 3 is 2.54 bits per heavy atom. The molecule has 0 spiro atoms. The molecule has 1 unspecified atom stereocenters. The van der Waals surface area contributed by atoms with E-state index < -0.39 is 29.5 Å². The van der Waals surface area contributed by atoms with Crippen LogP contribution in [0, 0.1) is 20.8 Å². The summed E-state index contributed by atoms with van der Waals surface area (Å²) in [5, 5.41) is 11.8. The number of aliphatic hydroxyl groups is 1. The number of anilines is 1. The molecule has 10 nitrogen and oxygen atoms in total. The number of amides is 1. The standard InChI is InChI=1S/C30H28N4O6S/c1-6-15-40-29(38)26-17(4)31-30(41-26)34-23(19-10-12-20(13-11-19)39-7-2)21(25(36)28(34)37)24(35)22-18(5)33-14-8-9-16(3)27(33)32-22/h6,8-14,23,35H,1,7,15H2,2-5H3/b24-21+. The minimum atomic E-state index is -1.04. The summed E-state index contributed by atoms with van der Waals surface area (Å²) < 4.78 is 12.6. The lowest BCUT2D eigenvalue weighted by Crippen LogP contribution is -2.29. The van der Waals surface area contributed by atoms with Gasteiger partial charge >= 0.3 is 11.9 Å². The van der Waals surface area contributed by atoms with Crippen molar-refractivity contribution in [1.82, 2.24) is 14.4 Å². The van der Waals surface area contributed by atoms with Crippen molar-refractivity contribution in [1.29, 1.82) is 0 Å². The summed E-state index contributed by atoms with van der Waals surface area (Å²) in [7, 11) is 0. The van der Waals surface area contributed by atoms with E-state index in [4.69, 9.17) is 9.47 Å². The van der Waals surface area contributed by atoms with Gasteiger partial charge in [0.1, 0.15) is 28.6 Å². The Kier molecular flexibility index (Phi) is 7.46. The van der Waals surface area contributed by atoms with Crippen molar-refractivity contribution in [2.45, 2.75) is 33.7 Å². The zero-order valence-corrected chi connectivity index (χ0v) is 23.8. The third kappa shape index (κ3) is 4.78. The summed E-state index contributed by atoms with van der Waals surface area (Å²) in [6.45, 7) is 11.2. The van der Waals surface area contributed by atoms with E-state index in [1.165, 1.54) is 11.0 Å². The number of Topliss-reactive ketones (excluding diaryl/α,β-unsaturated/α-hetero) is 1. The van der Waals surface area contributed by atoms with Crippen molar-refractivity contribution in [3.05, 3.63) is 93.9 Å². The summed E-state index contributed by atoms with van der Waals surface area (Å²) in [6.07, 6.45) is 3.26. The number of carbonyl (C=O) groups excluding carboxylic acids is 3. The summed E-state index contributed by atoms with van der Waals surface area (Å²) in [5.41, 5.74) is 3.05. The molecule has 5 rings (SSSR count). The van der Waals surface area contributed by atoms with E-state index in [1.54, 1.807) is 38.1 Å². The monoisotopic (exact) mass is 572 g/mol. The molecule has 0 radical (unpaired) electrons. The lowest BCUT2D eigenvalue weighted by molar-refractivity contribution is -0.132. The van der Waals surface area contributed by atoms with Gasteiger partial charge in [0.25, 0.3) is 5.78 Å². The third-order valence-electron chi connectivity index (χ3n) is 6.77. The number of esters is 1. The minimum absolute atomic E-state index is 0.0139. The molecule has 41 heavy (non-hydrogen) atoms. The highest BCUT2D eigenvalue weighted by atomic mass is 32.1. The number of aryl methyl sites for hydroxylation is 3. The summed E-state index contributed by atoms with van der Waals surface area (Å²) in [4.78, 5) is 50.3. The number of benzene rings is 1. The van der Waals surface area contributed by atoms with Gasteiger partial charge in [-0.3, -0.25) is 14.5 Å². The molecular formula is C30H28N4O6S. The molecule has 1 amide bonds. The number of ether oxygens (including phenoxy) is 2. The number of aliphatic hydroxyl groups excluding tert-OH is 1. The van der Waals surface area contributed by atoms with Gasteiger partial charge in [0.15, 0.2) is 10.9 Å². The van der Waals surface area contributed by atoms with Crippen molar-refractivity contribution in [3.63, 3.8) is 0 Å². The first-order chi connectivity index (χ1) is 19.7. The van der Waals surface area contributed by atoms with Crippen LogP contribution >= 0.6 is 11.3 Å². The second-order valence-electron chi connectivity index (χ2n) is 9.40. The first-order valence-corrected chi connectivity index (χ1v) is 13.7. The second kappa shape index (κ2) is 11.0. The van der Waals surface area contributed by atoms with Crippen LogP contribution in [0.4, 0.5) is 5.13 Å². The number of hydrogen-bond acceptors (Lipinski definition) is 9. The highest BCUT2D eigenvalue weighted by Crippen LogP contribution is 2.44. The Morgan fingerprint density at radius 2 is 1.88 bits per heavy atom. The smallest absolute Gasteiger partial charge is 0.350 e. The Labute approximate surface area is 240 Å². The molecule has 11 heteroatoms. The normalized spacial score (nSPS) is 16.4. The van der Waals surface area contributed by atoms with Gasteiger partial charge in [-0.15, -0.1) is 0 Å². The van der Waals surface area contributed by atoms with E-state index in [9.17, 15) is 19.5 Å². The number of imidazole rings is 1. The summed E-state index contributed by atoms with van der Waals surface area (Å²) in [6, 6.07) is 9.62. The average Bonchev–Trinajstić information content (AvgIpc) is 3.59. The predicted molar refractivity (Wildman–Crippen MR) is 154 cm³/mol. The number of pyridine rings is 1. The van der Waals surface area contributed by atoms with Crippen LogP contribution in [0.15, 0.2) is 60.8 Å². The van der Waals surface area contributed by atoms with Gasteiger partial charge in [0.2, 0.25) is 0 Å². The zero-order chi connectivity index (χ0) is 29.4. The fourth-order valence-corrected chi connectivity index (χ4v) is 5.79. The quantitative estimate of drug-likeness (QED) is 0.102. The summed E-state index contributed by atoms with van der Waals surface area (Å²) >= 11 is 0.934. The van der Waals surface area contributed by atoms with Crippen molar-refractivity contribution >= 4 is 45.5 Å². The number of fused-ring (bicyclic) bond motifs is 1. The van der Waals surface area contributed by atoms with E-state index in [0.29, 0.717) is 35.0 Å². The molecule has 0 bridgehead atoms. The van der Waals surface area contributed by atoms with Crippen molar-refractivity contribution < 1.29 is 29.0 Å². The lowest BCUT2D eigenvalue weighted by atomic mass is 9.96. The zero-order valence-electron chi connectivity index (χ0n) is 23.0. The van der Waals surface area contributed by atoms with Crippen molar-refractivity contribution in [2.24, 2.45) is 0 Å². The number of thiazole rings is 1. The first-order valence-electron chi connectivity index (χ1n) is 12.9. The van der Waals surface area contributed by atoms with Crippen molar-refractivity contribution in [3.8, 4) is 5.75 Å². The fraction of sp³-hybridized carbons (Fsp3) is 0.233. The van der Waals surface area contributed by atoms with Gasteiger partial charge < -0.3 is 19.0 Å². The van der Waals surface area contributed by atoms with Crippen LogP contribution in [0.3, 0.4) is 0 Å². The Bertz CT molecular complexity index is 1730. The predicted octanol–water partition coefficient (Wildman–Crippen LogP) is 5.08. The molecule has 1 atom stereocenters. The largest absolute Gasteiger partial charge is 0.505 e. The molecule has 0 aliphatic carbocycles. The topological polar surface area (TPSA) is 123 Å². The maximum atomic E-state index is 13.6. The molecule has 4 heterocycles. The highest BCUT2D eigenvalue weighted by molar-refractivity contribution is 7.17. The Morgan fingerprint density at radius 1 is 1.15 bits per heavy atom. The maximum absolute atomic E-state index is 13.6. The third-order valence-corrected chi connectivity index (χ3v) is 7.91. The lowest BCUT2D eigenvalue weighted by Gasteiger charge is -2.23. The second-order valence-corrected chi connectivity index (χ2v) is 10.4. The van der Waals surface area contributed by atoms with E-state index in [1.807, 2.05) is 36.6 Å². The van der Waals surface area contributed by atoms with Crippen molar-refractivity contribution in [2.75, 3.05) is 18.1 Å². The van der Waals surface area contributed by atoms with Crippen LogP contribution < -0.4 is 9.64 Å². The summed E-state index contributed by atoms with van der Waals surface area (Å²) in [5.74, 6) is -2.18. The van der Waals surface area contributed by atoms with Crippen LogP contribution in [-0.2, 0) is 14.3 Å². The molecule has 210 valence electrons. The van der Waals surface area contributed by atoms with E-state index in [2.05, 4.69) is 16.5 Å². The molecule has 1 N–H and O–H groups in total. The van der Waals surface area contributed by atoms with Crippen LogP contribution in [0.2, 0.25) is 0 Å². The maximum Gasteiger partial charge on any atom is 0.350 e. The van der Waals surface area contributed by atoms with Gasteiger partial charge in [-0.1, -0.05) is 42.2 Å². The average molecular weight is 573 g/mol. The highest BCUT2D eigenvalue weighted by Gasteiger charge is 2.49. The minimum Gasteiger partial charge on any atom is -0.505 e. The molecule has 1 saturated heterocycles. The van der Waals surface area contributed by atoms with Gasteiger partial charge in [-0.05, 0) is 57.0 Å². The van der Waals surface area contributed by atoms with Gasteiger partial charge in [0, 0.05) is 6.20 Å². The molecule has 1 aliphatic heterocycles. The van der Waals surface area contributed by atoms with Gasteiger partial charge in [0.05, 0.1) is 29.6 Å². The number of nitrogens with zero attached hydrogens (tertiary/aromatic N) is 4. The van der Waals surface area contributed by atoms with E-state index in [-0.39, 0.29) is 27.9 Å². The van der Waals surface area contributed by atoms with Crippen LogP contribution in [0.1, 0.15) is 50.8 Å². The van der Waals surface area contributed by atoms with Gasteiger partial charge in [-0.2, -0.15) is 0 Å². The molecule has 1 aromatic carbocycles. The molecule has 1 fully saturated rings. The first kappa shape index (κ1) is 27.8. The number of ketones is 1. The number of carbonyl (C=O) groups is 3. The van der Waals surface area contributed by atoms with Gasteiger partial charge in [-0.25, -0.2) is 14.8 Å². The van der Waals surface area contributed by atoms with Crippen LogP contribution in [0.25, 0.3) is 11.4 Å². The van der Waals surface area contributed by atoms with Crippen LogP contribution in [0.5, 0.6) is 5.75 Å². The molecule has 3 aromatic heterocycles. The Balaban J connectivity index is 1.70.